The van der Waals surface area contributed by atoms with E-state index >= 15 is 0 Å². The lowest BCUT2D eigenvalue weighted by molar-refractivity contribution is -0.129. The van der Waals surface area contributed by atoms with Crippen molar-refractivity contribution < 1.29 is 9.53 Å². The zero-order valence-corrected chi connectivity index (χ0v) is 12.2. The van der Waals surface area contributed by atoms with Crippen LogP contribution in [0.5, 0.6) is 0 Å². The van der Waals surface area contributed by atoms with Gasteiger partial charge in [0.1, 0.15) is 6.10 Å². The van der Waals surface area contributed by atoms with Crippen LogP contribution in [-0.4, -0.2) is 18.0 Å². The number of Topliss-reactive ketones (excluding diaryl/α,β-unsaturated/α-hetero) is 1. The Kier molecular flexibility index (Phi) is 8.32. The van der Waals surface area contributed by atoms with Crippen LogP contribution in [-0.2, 0) is 9.53 Å². The molecular formula is C16H30O2. The zero-order valence-electron chi connectivity index (χ0n) is 12.2. The van der Waals surface area contributed by atoms with Gasteiger partial charge in [-0.15, -0.1) is 0 Å². The highest BCUT2D eigenvalue weighted by atomic mass is 16.5. The van der Waals surface area contributed by atoms with Crippen LogP contribution in [0.3, 0.4) is 0 Å². The molecule has 0 aromatic heterocycles. The summed E-state index contributed by atoms with van der Waals surface area (Å²) in [6.07, 6.45) is 13.3. The van der Waals surface area contributed by atoms with Gasteiger partial charge in [-0.05, 0) is 26.2 Å². The molecule has 18 heavy (non-hydrogen) atoms. The molecule has 1 fully saturated rings. The van der Waals surface area contributed by atoms with Gasteiger partial charge in [0.25, 0.3) is 0 Å². The fourth-order valence-corrected chi connectivity index (χ4v) is 2.63. The number of ketones is 1. The maximum Gasteiger partial charge on any atom is 0.161 e. The van der Waals surface area contributed by atoms with Crippen LogP contribution in [0.2, 0.25) is 0 Å². The first kappa shape index (κ1) is 15.7. The van der Waals surface area contributed by atoms with E-state index in [4.69, 9.17) is 4.74 Å². The lowest BCUT2D eigenvalue weighted by atomic mass is 10.0. The molecule has 2 atom stereocenters. The van der Waals surface area contributed by atoms with Crippen LogP contribution in [0.25, 0.3) is 0 Å². The summed E-state index contributed by atoms with van der Waals surface area (Å²) in [6.45, 7) is 4.31. The van der Waals surface area contributed by atoms with Crippen molar-refractivity contribution >= 4 is 5.78 Å². The molecule has 0 bridgehead atoms. The molecule has 1 heterocycles. The lowest BCUT2D eigenvalue weighted by Gasteiger charge is -2.09. The number of carbonyl (C=O) groups is 1. The fraction of sp³-hybridized carbons (Fsp3) is 0.938. The second-order valence-corrected chi connectivity index (χ2v) is 5.70. The average Bonchev–Trinajstić information content (AvgIpc) is 2.79. The standard InChI is InChI=1S/C16H30O2/c1-3-4-5-6-7-8-9-10-11-15(17)16-13-12-14(2)18-16/h14,16H,3-13H2,1-2H3. The van der Waals surface area contributed by atoms with E-state index in [-0.39, 0.29) is 12.2 Å². The summed E-state index contributed by atoms with van der Waals surface area (Å²) >= 11 is 0. The van der Waals surface area contributed by atoms with Gasteiger partial charge in [-0.25, -0.2) is 0 Å². The molecule has 1 saturated heterocycles. The van der Waals surface area contributed by atoms with Crippen molar-refractivity contribution in [1.82, 2.24) is 0 Å². The molecule has 2 unspecified atom stereocenters. The van der Waals surface area contributed by atoms with Gasteiger partial charge in [-0.1, -0.05) is 51.9 Å². The lowest BCUT2D eigenvalue weighted by Crippen LogP contribution is -2.20. The van der Waals surface area contributed by atoms with Gasteiger partial charge in [0.05, 0.1) is 6.10 Å². The van der Waals surface area contributed by atoms with E-state index < -0.39 is 0 Å². The molecule has 2 nitrogen and oxygen atoms in total. The Hall–Kier alpha value is -0.370. The highest BCUT2D eigenvalue weighted by Gasteiger charge is 2.27. The van der Waals surface area contributed by atoms with Gasteiger partial charge < -0.3 is 4.74 Å². The predicted molar refractivity (Wildman–Crippen MR) is 75.8 cm³/mol. The second kappa shape index (κ2) is 9.55. The van der Waals surface area contributed by atoms with E-state index in [1.807, 2.05) is 0 Å². The number of ether oxygens (including phenoxy) is 1. The predicted octanol–water partition coefficient (Wildman–Crippen LogP) is 4.65. The minimum Gasteiger partial charge on any atom is -0.368 e. The van der Waals surface area contributed by atoms with Gasteiger partial charge >= 0.3 is 0 Å². The molecule has 0 saturated carbocycles. The maximum absolute atomic E-state index is 11.8. The molecule has 106 valence electrons. The van der Waals surface area contributed by atoms with E-state index in [1.165, 1.54) is 44.9 Å². The normalized spacial score (nSPS) is 23.4. The molecule has 0 spiro atoms. The first-order valence-electron chi connectivity index (χ1n) is 7.92. The SMILES string of the molecule is CCCCCCCCCCC(=O)C1CCC(C)O1. The van der Waals surface area contributed by atoms with Gasteiger partial charge in [-0.2, -0.15) is 0 Å². The molecule has 1 aliphatic rings. The van der Waals surface area contributed by atoms with E-state index in [0.717, 1.165) is 25.7 Å². The molecule has 0 aromatic rings. The molecule has 0 aliphatic carbocycles. The number of unbranched alkanes of at least 4 members (excludes halogenated alkanes) is 7. The third-order valence-electron chi connectivity index (χ3n) is 3.87. The largest absolute Gasteiger partial charge is 0.368 e. The number of carbonyl (C=O) groups excluding carboxylic acids is 1. The Balaban J connectivity index is 1.90. The Morgan fingerprint density at radius 3 is 2.17 bits per heavy atom. The summed E-state index contributed by atoms with van der Waals surface area (Å²) in [5.74, 6) is 0.338. The van der Waals surface area contributed by atoms with Crippen molar-refractivity contribution in [2.45, 2.75) is 96.7 Å². The number of rotatable bonds is 10. The number of hydrogen-bond acceptors (Lipinski definition) is 2. The van der Waals surface area contributed by atoms with E-state index in [2.05, 4.69) is 13.8 Å². The van der Waals surface area contributed by atoms with Crippen molar-refractivity contribution in [2.75, 3.05) is 0 Å². The molecular weight excluding hydrogens is 224 g/mol. The summed E-state index contributed by atoms with van der Waals surface area (Å²) in [5, 5.41) is 0. The Labute approximate surface area is 112 Å². The molecule has 1 aliphatic heterocycles. The van der Waals surface area contributed by atoms with Crippen molar-refractivity contribution in [3.63, 3.8) is 0 Å². The van der Waals surface area contributed by atoms with Crippen LogP contribution >= 0.6 is 0 Å². The van der Waals surface area contributed by atoms with Gasteiger partial charge in [0, 0.05) is 6.42 Å². The molecule has 0 amide bonds. The Morgan fingerprint density at radius 1 is 1.00 bits per heavy atom. The Bertz CT molecular complexity index is 225. The summed E-state index contributed by atoms with van der Waals surface area (Å²) < 4.78 is 5.60. The van der Waals surface area contributed by atoms with Crippen molar-refractivity contribution in [3.05, 3.63) is 0 Å². The quantitative estimate of drug-likeness (QED) is 0.530. The van der Waals surface area contributed by atoms with E-state index in [9.17, 15) is 4.79 Å². The van der Waals surface area contributed by atoms with Gasteiger partial charge in [0.2, 0.25) is 0 Å². The first-order valence-corrected chi connectivity index (χ1v) is 7.92. The van der Waals surface area contributed by atoms with Crippen molar-refractivity contribution in [3.8, 4) is 0 Å². The van der Waals surface area contributed by atoms with Crippen LogP contribution in [0.1, 0.15) is 84.5 Å². The van der Waals surface area contributed by atoms with Crippen molar-refractivity contribution in [2.24, 2.45) is 0 Å². The molecule has 0 aromatic carbocycles. The Morgan fingerprint density at radius 2 is 1.61 bits per heavy atom. The third-order valence-corrected chi connectivity index (χ3v) is 3.87. The summed E-state index contributed by atoms with van der Waals surface area (Å²) in [7, 11) is 0. The molecule has 0 radical (unpaired) electrons. The minimum atomic E-state index is -0.0791. The van der Waals surface area contributed by atoms with Gasteiger partial charge in [-0.3, -0.25) is 4.79 Å². The summed E-state index contributed by atoms with van der Waals surface area (Å²) in [4.78, 5) is 11.8. The molecule has 2 heteroatoms. The van der Waals surface area contributed by atoms with E-state index in [0.29, 0.717) is 5.78 Å². The summed E-state index contributed by atoms with van der Waals surface area (Å²) in [5.41, 5.74) is 0. The topological polar surface area (TPSA) is 26.3 Å². The summed E-state index contributed by atoms with van der Waals surface area (Å²) in [6, 6.07) is 0. The van der Waals surface area contributed by atoms with Crippen LogP contribution in [0.15, 0.2) is 0 Å². The third kappa shape index (κ3) is 6.53. The second-order valence-electron chi connectivity index (χ2n) is 5.70. The smallest absolute Gasteiger partial charge is 0.161 e. The monoisotopic (exact) mass is 254 g/mol. The number of hydrogen-bond donors (Lipinski definition) is 0. The van der Waals surface area contributed by atoms with Crippen molar-refractivity contribution in [1.29, 1.82) is 0 Å². The fourth-order valence-electron chi connectivity index (χ4n) is 2.63. The average molecular weight is 254 g/mol. The first-order chi connectivity index (χ1) is 8.74. The highest BCUT2D eigenvalue weighted by Crippen LogP contribution is 2.21. The minimum absolute atomic E-state index is 0.0791. The van der Waals surface area contributed by atoms with E-state index in [1.54, 1.807) is 0 Å². The van der Waals surface area contributed by atoms with Crippen LogP contribution in [0.4, 0.5) is 0 Å². The zero-order chi connectivity index (χ0) is 13.2. The van der Waals surface area contributed by atoms with Gasteiger partial charge in [0.15, 0.2) is 5.78 Å². The van der Waals surface area contributed by atoms with Crippen LogP contribution in [0, 0.1) is 0 Å². The molecule has 0 N–H and O–H groups in total. The maximum atomic E-state index is 11.8. The highest BCUT2D eigenvalue weighted by molar-refractivity contribution is 5.83. The molecule has 1 rings (SSSR count). The van der Waals surface area contributed by atoms with Crippen LogP contribution < -0.4 is 0 Å².